The lowest BCUT2D eigenvalue weighted by molar-refractivity contribution is 0.236. The predicted molar refractivity (Wildman–Crippen MR) is 83.5 cm³/mol. The van der Waals surface area contributed by atoms with Crippen LogP contribution in [-0.4, -0.2) is 5.11 Å². The second kappa shape index (κ2) is 5.26. The number of hydrogen-bond donors (Lipinski definition) is 1. The quantitative estimate of drug-likeness (QED) is 0.849. The first-order chi connectivity index (χ1) is 9.68. The highest BCUT2D eigenvalue weighted by atomic mass is 16.3. The Kier molecular flexibility index (Phi) is 3.45. The highest BCUT2D eigenvalue weighted by molar-refractivity contribution is 5.78. The monoisotopic (exact) mass is 264 g/mol. The van der Waals surface area contributed by atoms with Gasteiger partial charge >= 0.3 is 0 Å². The van der Waals surface area contributed by atoms with E-state index in [0.717, 1.165) is 24.0 Å². The van der Waals surface area contributed by atoms with Crippen molar-refractivity contribution in [3.8, 4) is 0 Å². The molecule has 0 radical (unpaired) electrons. The molecule has 0 bridgehead atoms. The normalized spacial score (nSPS) is 15.9. The number of rotatable bonds is 2. The standard InChI is InChI=1S/C19H20O/c1-13-7-6-10-15-12-11-14(2)18(17(13)15)19(20)16-8-4-3-5-9-16/h3-10,19-20H,11-12H2,1-2H3. The van der Waals surface area contributed by atoms with Crippen molar-refractivity contribution in [2.45, 2.75) is 32.8 Å². The fraction of sp³-hybridized carbons (Fsp3) is 0.263. The molecule has 0 heterocycles. The van der Waals surface area contributed by atoms with E-state index in [9.17, 15) is 5.11 Å². The molecule has 1 nitrogen and oxygen atoms in total. The van der Waals surface area contributed by atoms with Crippen LogP contribution in [-0.2, 0) is 6.42 Å². The van der Waals surface area contributed by atoms with Gasteiger partial charge in [-0.1, -0.05) is 54.1 Å². The lowest BCUT2D eigenvalue weighted by Gasteiger charge is -2.27. The number of hydrogen-bond acceptors (Lipinski definition) is 1. The molecule has 0 spiro atoms. The van der Waals surface area contributed by atoms with Crippen molar-refractivity contribution in [3.05, 3.63) is 76.4 Å². The third-order valence-electron chi connectivity index (χ3n) is 4.25. The van der Waals surface area contributed by atoms with Gasteiger partial charge in [0.25, 0.3) is 0 Å². The summed E-state index contributed by atoms with van der Waals surface area (Å²) in [6.07, 6.45) is 1.58. The van der Waals surface area contributed by atoms with Crippen molar-refractivity contribution in [1.29, 1.82) is 0 Å². The Balaban J connectivity index is 2.13. The lowest BCUT2D eigenvalue weighted by Crippen LogP contribution is -2.11. The maximum atomic E-state index is 10.8. The minimum atomic E-state index is -0.531. The van der Waals surface area contributed by atoms with Crippen LogP contribution in [0.15, 0.2) is 54.1 Å². The number of aryl methyl sites for hydroxylation is 2. The minimum Gasteiger partial charge on any atom is -0.384 e. The van der Waals surface area contributed by atoms with Crippen molar-refractivity contribution in [3.63, 3.8) is 0 Å². The number of benzene rings is 2. The molecule has 3 rings (SSSR count). The fourth-order valence-corrected chi connectivity index (χ4v) is 3.16. The van der Waals surface area contributed by atoms with Crippen LogP contribution in [0.1, 0.15) is 41.7 Å². The van der Waals surface area contributed by atoms with Crippen LogP contribution in [0.3, 0.4) is 0 Å². The summed E-state index contributed by atoms with van der Waals surface area (Å²) in [6, 6.07) is 16.4. The van der Waals surface area contributed by atoms with Crippen molar-refractivity contribution in [2.24, 2.45) is 0 Å². The molecule has 1 unspecified atom stereocenters. The molecule has 1 heteroatoms. The Morgan fingerprint density at radius 2 is 1.65 bits per heavy atom. The number of fused-ring (bicyclic) bond motifs is 1. The molecule has 0 saturated carbocycles. The van der Waals surface area contributed by atoms with Gasteiger partial charge in [-0.05, 0) is 54.5 Å². The van der Waals surface area contributed by atoms with E-state index >= 15 is 0 Å². The average Bonchev–Trinajstić information content (AvgIpc) is 2.48. The highest BCUT2D eigenvalue weighted by Crippen LogP contribution is 2.40. The first-order valence-corrected chi connectivity index (χ1v) is 7.20. The number of aliphatic hydroxyl groups excluding tert-OH is 1. The van der Waals surface area contributed by atoms with E-state index in [2.05, 4.69) is 32.0 Å². The first-order valence-electron chi connectivity index (χ1n) is 7.20. The van der Waals surface area contributed by atoms with Gasteiger partial charge in [-0.3, -0.25) is 0 Å². The van der Waals surface area contributed by atoms with Crippen LogP contribution in [0, 0.1) is 6.92 Å². The van der Waals surface area contributed by atoms with Gasteiger partial charge in [-0.15, -0.1) is 0 Å². The van der Waals surface area contributed by atoms with E-state index in [1.54, 1.807) is 0 Å². The molecule has 0 aliphatic heterocycles. The smallest absolute Gasteiger partial charge is 0.105 e. The fourth-order valence-electron chi connectivity index (χ4n) is 3.16. The molecule has 0 aromatic heterocycles. The van der Waals surface area contributed by atoms with Gasteiger partial charge in [0, 0.05) is 0 Å². The van der Waals surface area contributed by atoms with Crippen LogP contribution >= 0.6 is 0 Å². The highest BCUT2D eigenvalue weighted by Gasteiger charge is 2.24. The Hall–Kier alpha value is -1.86. The SMILES string of the molecule is CC1=C(C(O)c2ccccc2)c2c(C)cccc2CC1. The van der Waals surface area contributed by atoms with Crippen molar-refractivity contribution >= 4 is 5.57 Å². The summed E-state index contributed by atoms with van der Waals surface area (Å²) in [4.78, 5) is 0. The van der Waals surface area contributed by atoms with Gasteiger partial charge in [-0.2, -0.15) is 0 Å². The maximum Gasteiger partial charge on any atom is 0.105 e. The zero-order valence-electron chi connectivity index (χ0n) is 12.1. The molecule has 0 saturated heterocycles. The van der Waals surface area contributed by atoms with Crippen LogP contribution in [0.4, 0.5) is 0 Å². The van der Waals surface area contributed by atoms with Gasteiger partial charge in [0.05, 0.1) is 0 Å². The largest absolute Gasteiger partial charge is 0.384 e. The Morgan fingerprint density at radius 1 is 0.900 bits per heavy atom. The molecule has 1 aliphatic carbocycles. The van der Waals surface area contributed by atoms with Gasteiger partial charge in [0.1, 0.15) is 6.10 Å². The van der Waals surface area contributed by atoms with E-state index in [0.29, 0.717) is 0 Å². The average molecular weight is 264 g/mol. The Bertz CT molecular complexity index is 653. The van der Waals surface area contributed by atoms with Crippen LogP contribution in [0.5, 0.6) is 0 Å². The van der Waals surface area contributed by atoms with E-state index < -0.39 is 6.10 Å². The Morgan fingerprint density at radius 3 is 2.40 bits per heavy atom. The van der Waals surface area contributed by atoms with E-state index in [1.165, 1.54) is 22.3 Å². The molecule has 1 aliphatic rings. The molecule has 20 heavy (non-hydrogen) atoms. The molecular weight excluding hydrogens is 244 g/mol. The lowest BCUT2D eigenvalue weighted by atomic mass is 9.80. The van der Waals surface area contributed by atoms with Gasteiger partial charge < -0.3 is 5.11 Å². The number of aliphatic hydroxyl groups is 1. The molecule has 2 aromatic rings. The topological polar surface area (TPSA) is 20.2 Å². The number of allylic oxidation sites excluding steroid dienone is 1. The molecule has 0 fully saturated rings. The van der Waals surface area contributed by atoms with Crippen molar-refractivity contribution in [2.75, 3.05) is 0 Å². The third kappa shape index (κ3) is 2.19. The second-order valence-corrected chi connectivity index (χ2v) is 5.62. The molecule has 1 N–H and O–H groups in total. The Labute approximate surface area is 120 Å². The van der Waals surface area contributed by atoms with Gasteiger partial charge in [0.15, 0.2) is 0 Å². The summed E-state index contributed by atoms with van der Waals surface area (Å²) in [5.74, 6) is 0. The molecule has 2 aromatic carbocycles. The van der Waals surface area contributed by atoms with Crippen LogP contribution in [0.25, 0.3) is 5.57 Å². The third-order valence-corrected chi connectivity index (χ3v) is 4.25. The van der Waals surface area contributed by atoms with Crippen LogP contribution in [0.2, 0.25) is 0 Å². The zero-order chi connectivity index (χ0) is 14.1. The summed E-state index contributed by atoms with van der Waals surface area (Å²) in [5.41, 5.74) is 7.26. The minimum absolute atomic E-state index is 0.531. The molecule has 102 valence electrons. The molecule has 1 atom stereocenters. The molecule has 0 amide bonds. The summed E-state index contributed by atoms with van der Waals surface area (Å²) < 4.78 is 0. The maximum absolute atomic E-state index is 10.8. The summed E-state index contributed by atoms with van der Waals surface area (Å²) in [5, 5.41) is 10.8. The summed E-state index contributed by atoms with van der Waals surface area (Å²) in [7, 11) is 0. The zero-order valence-corrected chi connectivity index (χ0v) is 12.1. The predicted octanol–water partition coefficient (Wildman–Crippen LogP) is 4.45. The first kappa shape index (κ1) is 13.1. The molecular formula is C19H20O. The second-order valence-electron chi connectivity index (χ2n) is 5.62. The van der Waals surface area contributed by atoms with Crippen LogP contribution < -0.4 is 0 Å². The van der Waals surface area contributed by atoms with E-state index in [4.69, 9.17) is 0 Å². The van der Waals surface area contributed by atoms with E-state index in [-0.39, 0.29) is 0 Å². The summed E-state index contributed by atoms with van der Waals surface area (Å²) >= 11 is 0. The van der Waals surface area contributed by atoms with Gasteiger partial charge in [-0.25, -0.2) is 0 Å². The van der Waals surface area contributed by atoms with E-state index in [1.807, 2.05) is 30.3 Å². The summed E-state index contributed by atoms with van der Waals surface area (Å²) in [6.45, 7) is 4.28. The van der Waals surface area contributed by atoms with Crippen molar-refractivity contribution < 1.29 is 5.11 Å². The van der Waals surface area contributed by atoms with Gasteiger partial charge in [0.2, 0.25) is 0 Å². The van der Waals surface area contributed by atoms with Crippen molar-refractivity contribution in [1.82, 2.24) is 0 Å².